The lowest BCUT2D eigenvalue weighted by Gasteiger charge is -2.28. The lowest BCUT2D eigenvalue weighted by atomic mass is 9.82. The Labute approximate surface area is 349 Å². The van der Waals surface area contributed by atoms with E-state index < -0.39 is 0 Å². The fraction of sp³-hybridized carbons (Fsp3) is 0.0526. The highest BCUT2D eigenvalue weighted by atomic mass is 16.3. The summed E-state index contributed by atoms with van der Waals surface area (Å²) in [6.45, 7) is 4.78. The molecule has 0 amide bonds. The van der Waals surface area contributed by atoms with Gasteiger partial charge in [0.15, 0.2) is 0 Å². The van der Waals surface area contributed by atoms with Gasteiger partial charge in [0.2, 0.25) is 0 Å². The number of aromatic nitrogens is 1. The Balaban J connectivity index is 1.05. The number of furan rings is 1. The number of nitrogens with zero attached hydrogens (tertiary/aromatic N) is 2. The predicted octanol–water partition coefficient (Wildman–Crippen LogP) is 15.8. The van der Waals surface area contributed by atoms with Crippen molar-refractivity contribution < 1.29 is 4.42 Å². The lowest BCUT2D eigenvalue weighted by molar-refractivity contribution is 0.661. The molecular formula is C57H40N2O. The third-order valence-electron chi connectivity index (χ3n) is 12.8. The van der Waals surface area contributed by atoms with Gasteiger partial charge in [0, 0.05) is 44.3 Å². The molecule has 3 nitrogen and oxygen atoms in total. The van der Waals surface area contributed by atoms with Crippen LogP contribution in [0.1, 0.15) is 25.0 Å². The number of para-hydroxylation sites is 2. The molecule has 284 valence electrons. The Morgan fingerprint density at radius 1 is 0.417 bits per heavy atom. The van der Waals surface area contributed by atoms with E-state index >= 15 is 0 Å². The molecule has 9 aromatic carbocycles. The van der Waals surface area contributed by atoms with Crippen LogP contribution in [0.3, 0.4) is 0 Å². The Morgan fingerprint density at radius 3 is 1.80 bits per heavy atom. The molecule has 0 saturated heterocycles. The first-order chi connectivity index (χ1) is 29.5. The third kappa shape index (κ3) is 5.22. The minimum Gasteiger partial charge on any atom is -0.456 e. The Morgan fingerprint density at radius 2 is 1.03 bits per heavy atom. The second-order valence-electron chi connectivity index (χ2n) is 16.5. The average molecular weight is 769 g/mol. The molecule has 60 heavy (non-hydrogen) atoms. The van der Waals surface area contributed by atoms with Crippen LogP contribution >= 0.6 is 0 Å². The van der Waals surface area contributed by atoms with Gasteiger partial charge in [-0.25, -0.2) is 0 Å². The summed E-state index contributed by atoms with van der Waals surface area (Å²) in [4.78, 5) is 2.41. The van der Waals surface area contributed by atoms with Gasteiger partial charge in [-0.3, -0.25) is 0 Å². The summed E-state index contributed by atoms with van der Waals surface area (Å²) in [6, 6.07) is 74.8. The second kappa shape index (κ2) is 13.2. The van der Waals surface area contributed by atoms with Gasteiger partial charge < -0.3 is 13.9 Å². The Bertz CT molecular complexity index is 3430. The standard InChI is InChI=1S/C57H40N2O/c1-57(2)50-34-44(58(42-27-25-39(26-28-42)37-15-6-3-7-16-37)43-22-14-19-40(33-43)38-17-8-4-9-18-38)29-30-45(50)48-35-49-46-31-32-54-55(47-23-12-13-24-53(47)60-54)56(46)59(52(49)36-51(48)57)41-20-10-5-11-21-41/h3-36H,1-2H3. The number of hydrogen-bond acceptors (Lipinski definition) is 2. The number of anilines is 3. The van der Waals surface area contributed by atoms with Gasteiger partial charge in [-0.05, 0) is 123 Å². The number of rotatable bonds is 6. The van der Waals surface area contributed by atoms with E-state index in [1.54, 1.807) is 0 Å². The van der Waals surface area contributed by atoms with Gasteiger partial charge in [0.05, 0.1) is 16.4 Å². The van der Waals surface area contributed by atoms with Crippen molar-refractivity contribution in [3.05, 3.63) is 217 Å². The molecule has 0 spiro atoms. The van der Waals surface area contributed by atoms with Crippen LogP contribution in [-0.2, 0) is 5.41 Å². The summed E-state index contributed by atoms with van der Waals surface area (Å²) in [5.74, 6) is 0. The molecule has 0 bridgehead atoms. The summed E-state index contributed by atoms with van der Waals surface area (Å²) in [6.07, 6.45) is 0. The number of hydrogen-bond donors (Lipinski definition) is 0. The van der Waals surface area contributed by atoms with Gasteiger partial charge >= 0.3 is 0 Å². The van der Waals surface area contributed by atoms with Crippen molar-refractivity contribution in [2.45, 2.75) is 19.3 Å². The number of benzene rings is 9. The first-order valence-electron chi connectivity index (χ1n) is 20.8. The summed E-state index contributed by atoms with van der Waals surface area (Å²) in [5, 5.41) is 4.76. The Hall–Kier alpha value is -7.62. The van der Waals surface area contributed by atoms with Crippen molar-refractivity contribution in [3.63, 3.8) is 0 Å². The summed E-state index contributed by atoms with van der Waals surface area (Å²) in [5.41, 5.74) is 18.5. The smallest absolute Gasteiger partial charge is 0.137 e. The SMILES string of the molecule is CC1(C)c2cc(N(c3ccc(-c4ccccc4)cc3)c3cccc(-c4ccccc4)c3)ccc2-c2cc3c4ccc5oc6ccccc6c5c4n(-c4ccccc4)c3cc21. The molecule has 0 fully saturated rings. The topological polar surface area (TPSA) is 21.3 Å². The van der Waals surface area contributed by atoms with Crippen LogP contribution in [0, 0.1) is 0 Å². The van der Waals surface area contributed by atoms with Crippen molar-refractivity contribution in [2.75, 3.05) is 4.90 Å². The van der Waals surface area contributed by atoms with Gasteiger partial charge in [-0.1, -0.05) is 141 Å². The van der Waals surface area contributed by atoms with E-state index in [9.17, 15) is 0 Å². The monoisotopic (exact) mass is 768 g/mol. The summed E-state index contributed by atoms with van der Waals surface area (Å²) in [7, 11) is 0. The van der Waals surface area contributed by atoms with Crippen molar-refractivity contribution in [3.8, 4) is 39.1 Å². The highest BCUT2D eigenvalue weighted by Crippen LogP contribution is 2.53. The van der Waals surface area contributed by atoms with E-state index in [0.29, 0.717) is 0 Å². The molecule has 11 aromatic rings. The second-order valence-corrected chi connectivity index (χ2v) is 16.5. The maximum absolute atomic E-state index is 6.44. The average Bonchev–Trinajstić information content (AvgIpc) is 3.92. The zero-order chi connectivity index (χ0) is 40.0. The molecule has 0 unspecified atom stereocenters. The molecule has 0 radical (unpaired) electrons. The largest absolute Gasteiger partial charge is 0.456 e. The van der Waals surface area contributed by atoms with Crippen molar-refractivity contribution in [1.82, 2.24) is 4.57 Å². The molecule has 1 aliphatic rings. The van der Waals surface area contributed by atoms with Gasteiger partial charge in [-0.2, -0.15) is 0 Å². The zero-order valence-electron chi connectivity index (χ0n) is 33.4. The van der Waals surface area contributed by atoms with Crippen molar-refractivity contribution in [2.24, 2.45) is 0 Å². The highest BCUT2D eigenvalue weighted by molar-refractivity contribution is 6.25. The van der Waals surface area contributed by atoms with E-state index in [0.717, 1.165) is 44.7 Å². The summed E-state index contributed by atoms with van der Waals surface area (Å²) >= 11 is 0. The highest BCUT2D eigenvalue weighted by Gasteiger charge is 2.37. The lowest BCUT2D eigenvalue weighted by Crippen LogP contribution is -2.16. The molecule has 3 heteroatoms. The molecule has 0 N–H and O–H groups in total. The first kappa shape index (κ1) is 34.4. The van der Waals surface area contributed by atoms with Crippen molar-refractivity contribution in [1.29, 1.82) is 0 Å². The van der Waals surface area contributed by atoms with Crippen LogP contribution in [0.4, 0.5) is 17.1 Å². The van der Waals surface area contributed by atoms with Gasteiger partial charge in [0.1, 0.15) is 11.2 Å². The van der Waals surface area contributed by atoms with E-state index in [2.05, 4.69) is 224 Å². The summed E-state index contributed by atoms with van der Waals surface area (Å²) < 4.78 is 8.90. The predicted molar refractivity (Wildman–Crippen MR) is 251 cm³/mol. The fourth-order valence-corrected chi connectivity index (χ4v) is 9.85. The molecule has 2 aromatic heterocycles. The molecule has 2 heterocycles. The molecular weight excluding hydrogens is 729 g/mol. The van der Waals surface area contributed by atoms with Gasteiger partial charge in [0.25, 0.3) is 0 Å². The van der Waals surface area contributed by atoms with E-state index in [4.69, 9.17) is 4.42 Å². The quantitative estimate of drug-likeness (QED) is 0.168. The van der Waals surface area contributed by atoms with E-state index in [1.165, 1.54) is 66.3 Å². The number of fused-ring (bicyclic) bond motifs is 10. The van der Waals surface area contributed by atoms with Crippen LogP contribution in [-0.4, -0.2) is 4.57 Å². The molecule has 12 rings (SSSR count). The van der Waals surface area contributed by atoms with Gasteiger partial charge in [-0.15, -0.1) is 0 Å². The minimum absolute atomic E-state index is 0.265. The zero-order valence-corrected chi connectivity index (χ0v) is 33.4. The van der Waals surface area contributed by atoms with Crippen LogP contribution in [0.5, 0.6) is 0 Å². The molecule has 0 saturated carbocycles. The van der Waals surface area contributed by atoms with Crippen LogP contribution < -0.4 is 4.90 Å². The van der Waals surface area contributed by atoms with Crippen LogP contribution in [0.25, 0.3) is 82.8 Å². The Kier molecular flexibility index (Phi) is 7.58. The molecule has 1 aliphatic carbocycles. The maximum atomic E-state index is 6.44. The first-order valence-corrected chi connectivity index (χ1v) is 20.8. The van der Waals surface area contributed by atoms with Crippen molar-refractivity contribution >= 4 is 60.8 Å². The third-order valence-corrected chi connectivity index (χ3v) is 12.8. The minimum atomic E-state index is -0.265. The van der Waals surface area contributed by atoms with E-state index in [1.807, 2.05) is 6.07 Å². The van der Waals surface area contributed by atoms with Crippen LogP contribution in [0.15, 0.2) is 211 Å². The maximum Gasteiger partial charge on any atom is 0.137 e. The normalized spacial score (nSPS) is 13.0. The fourth-order valence-electron chi connectivity index (χ4n) is 9.85. The van der Waals surface area contributed by atoms with E-state index in [-0.39, 0.29) is 5.41 Å². The molecule has 0 aliphatic heterocycles. The molecule has 0 atom stereocenters. The van der Waals surface area contributed by atoms with Crippen LogP contribution in [0.2, 0.25) is 0 Å².